The Bertz CT molecular complexity index is 379. The summed E-state index contributed by atoms with van der Waals surface area (Å²) in [6.07, 6.45) is 6.91. The van der Waals surface area contributed by atoms with Gasteiger partial charge in [0.2, 0.25) is 0 Å². The monoisotopic (exact) mass is 246 g/mol. The lowest BCUT2D eigenvalue weighted by molar-refractivity contribution is 0.278. The van der Waals surface area contributed by atoms with Crippen LogP contribution in [0.4, 0.5) is 11.4 Å². The average Bonchev–Trinajstić information content (AvgIpc) is 2.40. The van der Waals surface area contributed by atoms with Gasteiger partial charge in [0, 0.05) is 6.54 Å². The van der Waals surface area contributed by atoms with E-state index in [1.54, 1.807) is 0 Å². The van der Waals surface area contributed by atoms with Crippen LogP contribution in [0.2, 0.25) is 0 Å². The second kappa shape index (κ2) is 6.12. The van der Waals surface area contributed by atoms with Gasteiger partial charge >= 0.3 is 0 Å². The molecule has 3 N–H and O–H groups in total. The van der Waals surface area contributed by atoms with Gasteiger partial charge in [-0.3, -0.25) is 0 Å². The van der Waals surface area contributed by atoms with E-state index in [2.05, 4.69) is 31.3 Å². The maximum Gasteiger partial charge on any atom is 0.0576 e. The summed E-state index contributed by atoms with van der Waals surface area (Å²) in [7, 11) is 0. The minimum absolute atomic E-state index is 0.827. The molecule has 1 saturated carbocycles. The minimum atomic E-state index is 0.827. The van der Waals surface area contributed by atoms with E-state index >= 15 is 0 Å². The summed E-state index contributed by atoms with van der Waals surface area (Å²) in [6.45, 7) is 5.50. The van der Waals surface area contributed by atoms with Crippen LogP contribution in [-0.2, 0) is 0 Å². The molecule has 2 heteroatoms. The van der Waals surface area contributed by atoms with Crippen LogP contribution < -0.4 is 11.1 Å². The van der Waals surface area contributed by atoms with Gasteiger partial charge in [-0.05, 0) is 49.3 Å². The molecule has 0 bridgehead atoms. The van der Waals surface area contributed by atoms with E-state index in [9.17, 15) is 0 Å². The van der Waals surface area contributed by atoms with Crippen LogP contribution in [0.15, 0.2) is 18.2 Å². The van der Waals surface area contributed by atoms with E-state index in [1.807, 2.05) is 6.07 Å². The van der Waals surface area contributed by atoms with Crippen LogP contribution in [0.25, 0.3) is 0 Å². The predicted octanol–water partition coefficient (Wildman–Crippen LogP) is 4.21. The zero-order valence-corrected chi connectivity index (χ0v) is 11.7. The molecule has 100 valence electrons. The topological polar surface area (TPSA) is 38.0 Å². The summed E-state index contributed by atoms with van der Waals surface area (Å²) >= 11 is 0. The Labute approximate surface area is 111 Å². The molecule has 18 heavy (non-hydrogen) atoms. The number of rotatable bonds is 4. The first-order valence-electron chi connectivity index (χ1n) is 7.29. The summed E-state index contributed by atoms with van der Waals surface area (Å²) in [6, 6.07) is 6.20. The predicted molar refractivity (Wildman–Crippen MR) is 79.8 cm³/mol. The summed E-state index contributed by atoms with van der Waals surface area (Å²) in [5.41, 5.74) is 9.22. The second-order valence-electron chi connectivity index (χ2n) is 5.77. The van der Waals surface area contributed by atoms with Crippen LogP contribution in [-0.4, -0.2) is 6.54 Å². The van der Waals surface area contributed by atoms with Gasteiger partial charge in [0.1, 0.15) is 0 Å². The summed E-state index contributed by atoms with van der Waals surface area (Å²) in [5.74, 6) is 1.80. The van der Waals surface area contributed by atoms with Crippen LogP contribution in [0.1, 0.15) is 44.6 Å². The molecule has 0 spiro atoms. The van der Waals surface area contributed by atoms with Crippen molar-refractivity contribution in [2.45, 2.75) is 46.0 Å². The van der Waals surface area contributed by atoms with Crippen molar-refractivity contribution >= 4 is 11.4 Å². The smallest absolute Gasteiger partial charge is 0.0576 e. The Morgan fingerprint density at radius 2 is 1.83 bits per heavy atom. The Hall–Kier alpha value is -1.18. The van der Waals surface area contributed by atoms with Crippen LogP contribution in [0, 0.1) is 18.8 Å². The van der Waals surface area contributed by atoms with Crippen molar-refractivity contribution in [2.75, 3.05) is 17.6 Å². The van der Waals surface area contributed by atoms with Crippen LogP contribution in [0.3, 0.4) is 0 Å². The van der Waals surface area contributed by atoms with E-state index < -0.39 is 0 Å². The van der Waals surface area contributed by atoms with Gasteiger partial charge < -0.3 is 11.1 Å². The van der Waals surface area contributed by atoms with Gasteiger partial charge in [-0.15, -0.1) is 0 Å². The molecule has 1 aliphatic rings. The van der Waals surface area contributed by atoms with Crippen molar-refractivity contribution in [1.82, 2.24) is 0 Å². The third-order valence-corrected chi connectivity index (χ3v) is 4.33. The molecular weight excluding hydrogens is 220 g/mol. The molecule has 0 aromatic heterocycles. The molecule has 0 radical (unpaired) electrons. The number of anilines is 2. The Morgan fingerprint density at radius 3 is 2.50 bits per heavy atom. The molecule has 2 rings (SSSR count). The molecule has 0 amide bonds. The largest absolute Gasteiger partial charge is 0.397 e. The van der Waals surface area contributed by atoms with E-state index in [0.717, 1.165) is 29.8 Å². The van der Waals surface area contributed by atoms with Gasteiger partial charge in [-0.25, -0.2) is 0 Å². The fourth-order valence-corrected chi connectivity index (χ4v) is 2.92. The molecule has 1 fully saturated rings. The van der Waals surface area contributed by atoms with Gasteiger partial charge in [-0.1, -0.05) is 32.3 Å². The van der Waals surface area contributed by atoms with Gasteiger partial charge in [0.05, 0.1) is 11.4 Å². The Kier molecular flexibility index (Phi) is 4.51. The van der Waals surface area contributed by atoms with Crippen molar-refractivity contribution in [3.8, 4) is 0 Å². The average molecular weight is 246 g/mol. The maximum absolute atomic E-state index is 5.99. The highest BCUT2D eigenvalue weighted by Crippen LogP contribution is 2.31. The van der Waals surface area contributed by atoms with E-state index in [1.165, 1.54) is 37.7 Å². The Balaban J connectivity index is 1.83. The molecule has 0 saturated heterocycles. The van der Waals surface area contributed by atoms with E-state index in [0.29, 0.717) is 0 Å². The van der Waals surface area contributed by atoms with E-state index in [-0.39, 0.29) is 0 Å². The van der Waals surface area contributed by atoms with Crippen molar-refractivity contribution in [3.63, 3.8) is 0 Å². The first-order chi connectivity index (χ1) is 8.69. The SMILES string of the molecule is CCC1CCC(CNc2cc(C)ccc2N)CC1. The number of aryl methyl sites for hydroxylation is 1. The summed E-state index contributed by atoms with van der Waals surface area (Å²) < 4.78 is 0. The molecule has 2 nitrogen and oxygen atoms in total. The minimum Gasteiger partial charge on any atom is -0.397 e. The lowest BCUT2D eigenvalue weighted by Crippen LogP contribution is -2.21. The highest BCUT2D eigenvalue weighted by molar-refractivity contribution is 5.66. The zero-order valence-electron chi connectivity index (χ0n) is 11.7. The first-order valence-corrected chi connectivity index (χ1v) is 7.29. The molecule has 0 heterocycles. The number of hydrogen-bond donors (Lipinski definition) is 2. The van der Waals surface area contributed by atoms with Gasteiger partial charge in [0.15, 0.2) is 0 Å². The quantitative estimate of drug-likeness (QED) is 0.781. The third kappa shape index (κ3) is 3.41. The molecular formula is C16H26N2. The molecule has 0 atom stereocenters. The van der Waals surface area contributed by atoms with E-state index in [4.69, 9.17) is 5.73 Å². The van der Waals surface area contributed by atoms with Gasteiger partial charge in [0.25, 0.3) is 0 Å². The highest BCUT2D eigenvalue weighted by Gasteiger charge is 2.19. The zero-order chi connectivity index (χ0) is 13.0. The van der Waals surface area contributed by atoms with Crippen LogP contribution in [0.5, 0.6) is 0 Å². The van der Waals surface area contributed by atoms with Gasteiger partial charge in [-0.2, -0.15) is 0 Å². The molecule has 0 aliphatic heterocycles. The maximum atomic E-state index is 5.99. The standard InChI is InChI=1S/C16H26N2/c1-3-13-5-7-14(8-6-13)11-18-16-10-12(2)4-9-15(16)17/h4,9-10,13-14,18H,3,5-8,11,17H2,1-2H3. The highest BCUT2D eigenvalue weighted by atomic mass is 14.9. The number of hydrogen-bond acceptors (Lipinski definition) is 2. The number of nitrogens with one attached hydrogen (secondary N) is 1. The normalized spacial score (nSPS) is 23.9. The number of nitrogen functional groups attached to an aromatic ring is 1. The summed E-state index contributed by atoms with van der Waals surface area (Å²) in [5, 5.41) is 3.53. The van der Waals surface area contributed by atoms with Crippen molar-refractivity contribution in [2.24, 2.45) is 11.8 Å². The van der Waals surface area contributed by atoms with Crippen molar-refractivity contribution in [3.05, 3.63) is 23.8 Å². The fraction of sp³-hybridized carbons (Fsp3) is 0.625. The summed E-state index contributed by atoms with van der Waals surface area (Å²) in [4.78, 5) is 0. The lowest BCUT2D eigenvalue weighted by Gasteiger charge is -2.28. The molecule has 0 unspecified atom stereocenters. The van der Waals surface area contributed by atoms with Crippen molar-refractivity contribution < 1.29 is 0 Å². The lowest BCUT2D eigenvalue weighted by atomic mass is 9.81. The number of benzene rings is 1. The van der Waals surface area contributed by atoms with Crippen molar-refractivity contribution in [1.29, 1.82) is 0 Å². The molecule has 1 aromatic carbocycles. The molecule has 1 aromatic rings. The molecule has 1 aliphatic carbocycles. The van der Waals surface area contributed by atoms with Crippen LogP contribution >= 0.6 is 0 Å². The fourth-order valence-electron chi connectivity index (χ4n) is 2.92. The first kappa shape index (κ1) is 13.3. The Morgan fingerprint density at radius 1 is 1.17 bits per heavy atom. The third-order valence-electron chi connectivity index (χ3n) is 4.33. The second-order valence-corrected chi connectivity index (χ2v) is 5.77. The number of nitrogens with two attached hydrogens (primary N) is 1.